The summed E-state index contributed by atoms with van der Waals surface area (Å²) in [6.45, 7) is 0. The quantitative estimate of drug-likeness (QED) is 0.173. The second kappa shape index (κ2) is 13.6. The van der Waals surface area contributed by atoms with Crippen LogP contribution in [0.15, 0.2) is 176 Å². The van der Waals surface area contributed by atoms with Gasteiger partial charge in [0.2, 0.25) is 0 Å². The molecule has 0 bridgehead atoms. The molecular formula is C45H29N5. The number of hydrogen-bond donors (Lipinski definition) is 0. The van der Waals surface area contributed by atoms with Crippen LogP contribution in [0, 0.1) is 11.3 Å². The van der Waals surface area contributed by atoms with Crippen molar-refractivity contribution in [2.75, 3.05) is 0 Å². The van der Waals surface area contributed by atoms with Crippen LogP contribution in [0.1, 0.15) is 5.56 Å². The molecule has 8 aromatic rings. The minimum Gasteiger partial charge on any atom is -0.248 e. The maximum Gasteiger partial charge on any atom is 0.164 e. The molecule has 0 saturated heterocycles. The first-order valence-corrected chi connectivity index (χ1v) is 16.4. The third-order valence-corrected chi connectivity index (χ3v) is 8.58. The fourth-order valence-corrected chi connectivity index (χ4v) is 5.95. The van der Waals surface area contributed by atoms with Crippen molar-refractivity contribution in [1.29, 1.82) is 5.26 Å². The summed E-state index contributed by atoms with van der Waals surface area (Å²) in [6.07, 6.45) is 0. The lowest BCUT2D eigenvalue weighted by molar-refractivity contribution is 1.07. The monoisotopic (exact) mass is 639 g/mol. The van der Waals surface area contributed by atoms with E-state index < -0.39 is 0 Å². The van der Waals surface area contributed by atoms with Crippen molar-refractivity contribution in [2.24, 2.45) is 0 Å². The van der Waals surface area contributed by atoms with E-state index in [-0.39, 0.29) is 0 Å². The maximum absolute atomic E-state index is 9.28. The number of pyridine rings is 1. The van der Waals surface area contributed by atoms with Gasteiger partial charge < -0.3 is 0 Å². The molecule has 6 aromatic carbocycles. The standard InChI is InChI=1S/C45H29N5/c46-30-31-19-21-36(22-20-31)44-48-43(35-15-8-3-9-16-35)49-45(50-44)37-25-23-33(24-26-37)38-17-10-18-39(27-38)42-29-40(32-11-4-1-5-12-32)28-41(47-42)34-13-6-2-7-14-34/h1-29H. The van der Waals surface area contributed by atoms with Crippen LogP contribution >= 0.6 is 0 Å². The van der Waals surface area contributed by atoms with E-state index in [0.29, 0.717) is 23.0 Å². The van der Waals surface area contributed by atoms with E-state index in [1.165, 1.54) is 0 Å². The Morgan fingerprint density at radius 3 is 1.26 bits per heavy atom. The normalized spacial score (nSPS) is 10.8. The molecule has 0 atom stereocenters. The summed E-state index contributed by atoms with van der Waals surface area (Å²) in [5.41, 5.74) is 11.6. The van der Waals surface area contributed by atoms with Crippen LogP contribution in [0.25, 0.3) is 78.9 Å². The van der Waals surface area contributed by atoms with Crippen molar-refractivity contribution in [3.63, 3.8) is 0 Å². The fourth-order valence-electron chi connectivity index (χ4n) is 5.95. The molecule has 50 heavy (non-hydrogen) atoms. The van der Waals surface area contributed by atoms with Crippen molar-refractivity contribution < 1.29 is 0 Å². The summed E-state index contributed by atoms with van der Waals surface area (Å²) in [7, 11) is 0. The molecule has 0 spiro atoms. The molecule has 8 rings (SSSR count). The number of nitriles is 1. The molecule has 0 aliphatic rings. The van der Waals surface area contributed by atoms with E-state index in [0.717, 1.165) is 61.5 Å². The Morgan fingerprint density at radius 1 is 0.300 bits per heavy atom. The van der Waals surface area contributed by atoms with E-state index in [1.807, 2.05) is 66.7 Å². The van der Waals surface area contributed by atoms with Gasteiger partial charge in [-0.3, -0.25) is 0 Å². The van der Waals surface area contributed by atoms with E-state index >= 15 is 0 Å². The van der Waals surface area contributed by atoms with Crippen LogP contribution in [-0.2, 0) is 0 Å². The molecule has 234 valence electrons. The summed E-state index contributed by atoms with van der Waals surface area (Å²) in [4.78, 5) is 19.7. The highest BCUT2D eigenvalue weighted by molar-refractivity contribution is 5.79. The zero-order valence-electron chi connectivity index (χ0n) is 27.0. The van der Waals surface area contributed by atoms with Crippen molar-refractivity contribution in [3.05, 3.63) is 181 Å². The number of hydrogen-bond acceptors (Lipinski definition) is 5. The summed E-state index contributed by atoms with van der Waals surface area (Å²) >= 11 is 0. The van der Waals surface area contributed by atoms with Crippen LogP contribution in [0.5, 0.6) is 0 Å². The SMILES string of the molecule is N#Cc1ccc(-c2nc(-c3ccccc3)nc(-c3ccc(-c4cccc(-c5cc(-c6ccccc6)cc(-c6ccccc6)n5)c4)cc3)n2)cc1. The predicted octanol–water partition coefficient (Wildman–Crippen LogP) is 10.8. The molecule has 5 nitrogen and oxygen atoms in total. The Balaban J connectivity index is 1.15. The molecule has 0 aliphatic heterocycles. The van der Waals surface area contributed by atoms with Crippen molar-refractivity contribution in [2.45, 2.75) is 0 Å². The highest BCUT2D eigenvalue weighted by Gasteiger charge is 2.14. The molecule has 0 fully saturated rings. The van der Waals surface area contributed by atoms with Gasteiger partial charge in [-0.05, 0) is 64.7 Å². The van der Waals surface area contributed by atoms with Gasteiger partial charge in [-0.15, -0.1) is 0 Å². The Morgan fingerprint density at radius 2 is 0.700 bits per heavy atom. The molecule has 0 N–H and O–H groups in total. The second-order valence-corrected chi connectivity index (χ2v) is 11.9. The summed E-state index contributed by atoms with van der Waals surface area (Å²) in [6, 6.07) is 61.3. The van der Waals surface area contributed by atoms with Crippen LogP contribution in [0.4, 0.5) is 0 Å². The van der Waals surface area contributed by atoms with Gasteiger partial charge in [0.15, 0.2) is 17.5 Å². The molecule has 0 saturated carbocycles. The Labute approximate surface area is 290 Å². The molecular weight excluding hydrogens is 611 g/mol. The first-order chi connectivity index (χ1) is 24.7. The number of nitrogens with zero attached hydrogens (tertiary/aromatic N) is 5. The van der Waals surface area contributed by atoms with Crippen molar-refractivity contribution in [1.82, 2.24) is 19.9 Å². The first-order valence-electron chi connectivity index (χ1n) is 16.4. The van der Waals surface area contributed by atoms with E-state index in [2.05, 4.69) is 103 Å². The smallest absolute Gasteiger partial charge is 0.164 e. The minimum atomic E-state index is 0.551. The summed E-state index contributed by atoms with van der Waals surface area (Å²) in [5, 5.41) is 9.28. The lowest BCUT2D eigenvalue weighted by atomic mass is 9.97. The topological polar surface area (TPSA) is 75.3 Å². The Hall–Kier alpha value is -7.03. The maximum atomic E-state index is 9.28. The third kappa shape index (κ3) is 6.42. The van der Waals surface area contributed by atoms with Gasteiger partial charge >= 0.3 is 0 Å². The largest absolute Gasteiger partial charge is 0.248 e. The van der Waals surface area contributed by atoms with E-state index in [4.69, 9.17) is 19.9 Å². The second-order valence-electron chi connectivity index (χ2n) is 11.9. The number of aromatic nitrogens is 4. The van der Waals surface area contributed by atoms with Gasteiger partial charge in [-0.1, -0.05) is 133 Å². The Kier molecular flexibility index (Phi) is 8.25. The molecule has 2 heterocycles. The lowest BCUT2D eigenvalue weighted by Crippen LogP contribution is -2.00. The van der Waals surface area contributed by atoms with Crippen molar-refractivity contribution in [3.8, 4) is 85.0 Å². The van der Waals surface area contributed by atoms with Gasteiger partial charge in [-0.2, -0.15) is 5.26 Å². The average molecular weight is 640 g/mol. The predicted molar refractivity (Wildman–Crippen MR) is 200 cm³/mol. The molecule has 0 amide bonds. The van der Waals surface area contributed by atoms with Crippen LogP contribution in [0.3, 0.4) is 0 Å². The number of rotatable bonds is 7. The Bertz CT molecular complexity index is 2400. The van der Waals surface area contributed by atoms with Crippen molar-refractivity contribution >= 4 is 0 Å². The lowest BCUT2D eigenvalue weighted by Gasteiger charge is -2.12. The van der Waals surface area contributed by atoms with Gasteiger partial charge in [0.05, 0.1) is 23.0 Å². The van der Waals surface area contributed by atoms with Crippen LogP contribution in [-0.4, -0.2) is 19.9 Å². The highest BCUT2D eigenvalue weighted by Crippen LogP contribution is 2.33. The highest BCUT2D eigenvalue weighted by atomic mass is 15.0. The third-order valence-electron chi connectivity index (χ3n) is 8.58. The molecule has 2 aromatic heterocycles. The van der Waals surface area contributed by atoms with E-state index in [9.17, 15) is 5.26 Å². The van der Waals surface area contributed by atoms with Gasteiger partial charge in [-0.25, -0.2) is 19.9 Å². The summed E-state index contributed by atoms with van der Waals surface area (Å²) < 4.78 is 0. The molecule has 0 aliphatic carbocycles. The molecule has 0 radical (unpaired) electrons. The summed E-state index contributed by atoms with van der Waals surface area (Å²) in [5.74, 6) is 1.72. The van der Waals surface area contributed by atoms with Gasteiger partial charge in [0.25, 0.3) is 0 Å². The fraction of sp³-hybridized carbons (Fsp3) is 0. The molecule has 0 unspecified atom stereocenters. The van der Waals surface area contributed by atoms with Gasteiger partial charge in [0, 0.05) is 27.8 Å². The average Bonchev–Trinajstić information content (AvgIpc) is 3.21. The van der Waals surface area contributed by atoms with Gasteiger partial charge in [0.1, 0.15) is 0 Å². The number of benzene rings is 6. The van der Waals surface area contributed by atoms with E-state index in [1.54, 1.807) is 12.1 Å². The molecule has 5 heteroatoms. The minimum absolute atomic E-state index is 0.551. The van der Waals surface area contributed by atoms with Crippen LogP contribution in [0.2, 0.25) is 0 Å². The van der Waals surface area contributed by atoms with Crippen LogP contribution < -0.4 is 0 Å². The zero-order chi connectivity index (χ0) is 33.7. The first kappa shape index (κ1) is 30.3. The zero-order valence-corrected chi connectivity index (χ0v) is 27.0.